The minimum atomic E-state index is -0.773. The van der Waals surface area contributed by atoms with Crippen molar-refractivity contribution in [1.82, 2.24) is 0 Å². The molecule has 2 aromatic carbocycles. The van der Waals surface area contributed by atoms with Gasteiger partial charge in [0.25, 0.3) is 0 Å². The van der Waals surface area contributed by atoms with Crippen molar-refractivity contribution in [3.05, 3.63) is 69.2 Å². The number of hydrogen-bond donors (Lipinski definition) is 0. The van der Waals surface area contributed by atoms with E-state index in [4.69, 9.17) is 21.1 Å². The fraction of sp³-hybridized carbons (Fsp3) is 0.250. The Morgan fingerprint density at radius 3 is 2.52 bits per heavy atom. The maximum absolute atomic E-state index is 6.25. The molecule has 0 amide bonds. The van der Waals surface area contributed by atoms with Crippen molar-refractivity contribution in [3.63, 3.8) is 0 Å². The Hall–Kier alpha value is -0.390. The Kier molecular flexibility index (Phi) is 4.71. The van der Waals surface area contributed by atoms with Crippen molar-refractivity contribution in [2.45, 2.75) is 11.9 Å². The molecule has 0 aromatic heterocycles. The highest BCUT2D eigenvalue weighted by atomic mass is 79.9. The summed E-state index contributed by atoms with van der Waals surface area (Å²) in [5.41, 5.74) is 1.94. The smallest absolute Gasteiger partial charge is 0.205 e. The molecule has 1 fully saturated rings. The highest BCUT2D eigenvalue weighted by Crippen LogP contribution is 2.43. The first kappa shape index (κ1) is 15.5. The molecule has 0 aliphatic carbocycles. The summed E-state index contributed by atoms with van der Waals surface area (Å²) in [4.78, 5) is 0. The van der Waals surface area contributed by atoms with E-state index in [1.807, 2.05) is 48.5 Å². The molecular formula is C16H13Br2ClO2. The molecular weight excluding hydrogens is 419 g/mol. The lowest BCUT2D eigenvalue weighted by Crippen LogP contribution is -2.29. The third-order valence-corrected chi connectivity index (χ3v) is 5.12. The van der Waals surface area contributed by atoms with Gasteiger partial charge in [-0.05, 0) is 18.2 Å². The van der Waals surface area contributed by atoms with Crippen LogP contribution in [-0.2, 0) is 15.3 Å². The summed E-state index contributed by atoms with van der Waals surface area (Å²) in [5.74, 6) is -0.773. The van der Waals surface area contributed by atoms with Gasteiger partial charge in [0.1, 0.15) is 6.10 Å². The van der Waals surface area contributed by atoms with Crippen LogP contribution in [0.1, 0.15) is 17.2 Å². The van der Waals surface area contributed by atoms with Crippen LogP contribution in [0, 0.1) is 0 Å². The molecule has 0 spiro atoms. The van der Waals surface area contributed by atoms with E-state index in [0.717, 1.165) is 15.6 Å². The second-order valence-electron chi connectivity index (χ2n) is 4.83. The lowest BCUT2D eigenvalue weighted by Gasteiger charge is -2.26. The van der Waals surface area contributed by atoms with Gasteiger partial charge >= 0.3 is 0 Å². The average Bonchev–Trinajstić information content (AvgIpc) is 2.94. The van der Waals surface area contributed by atoms with Gasteiger partial charge in [-0.15, -0.1) is 0 Å². The summed E-state index contributed by atoms with van der Waals surface area (Å²) < 4.78 is 13.2. The van der Waals surface area contributed by atoms with Crippen molar-refractivity contribution < 1.29 is 9.47 Å². The SMILES string of the molecule is Clc1ccccc1[C@@H]1CO[C@@](CBr)(c2ccc(Br)cc2)O1. The third-order valence-electron chi connectivity index (χ3n) is 3.51. The van der Waals surface area contributed by atoms with E-state index in [1.165, 1.54) is 0 Å². The van der Waals surface area contributed by atoms with Crippen molar-refractivity contribution in [3.8, 4) is 0 Å². The standard InChI is InChI=1S/C16H13Br2ClO2/c17-10-16(11-5-7-12(18)8-6-11)20-9-15(21-16)13-3-1-2-4-14(13)19/h1-8,15H,9-10H2/t15-,16+/m0/s1. The highest BCUT2D eigenvalue weighted by molar-refractivity contribution is 9.10. The third kappa shape index (κ3) is 3.06. The number of halogens is 3. The molecule has 0 N–H and O–H groups in total. The Morgan fingerprint density at radius 1 is 1.14 bits per heavy atom. The Balaban J connectivity index is 1.90. The van der Waals surface area contributed by atoms with Crippen molar-refractivity contribution in [1.29, 1.82) is 0 Å². The van der Waals surface area contributed by atoms with E-state index in [0.29, 0.717) is 17.0 Å². The number of hydrogen-bond acceptors (Lipinski definition) is 2. The first-order chi connectivity index (χ1) is 10.1. The maximum atomic E-state index is 6.25. The number of rotatable bonds is 3. The zero-order valence-electron chi connectivity index (χ0n) is 11.1. The molecule has 3 rings (SSSR count). The molecule has 110 valence electrons. The molecule has 2 nitrogen and oxygen atoms in total. The highest BCUT2D eigenvalue weighted by Gasteiger charge is 2.43. The Morgan fingerprint density at radius 2 is 1.86 bits per heavy atom. The molecule has 1 heterocycles. The minimum absolute atomic E-state index is 0.167. The first-order valence-corrected chi connectivity index (χ1v) is 8.82. The molecule has 2 aromatic rings. The Bertz CT molecular complexity index is 632. The summed E-state index contributed by atoms with van der Waals surface area (Å²) in [7, 11) is 0. The minimum Gasteiger partial charge on any atom is -0.342 e. The van der Waals surface area contributed by atoms with Crippen LogP contribution in [0.4, 0.5) is 0 Å². The molecule has 0 bridgehead atoms. The van der Waals surface area contributed by atoms with Gasteiger partial charge in [0.05, 0.1) is 11.9 Å². The molecule has 21 heavy (non-hydrogen) atoms. The number of ether oxygens (including phenoxy) is 2. The Labute approximate surface area is 145 Å². The van der Waals surface area contributed by atoms with Gasteiger partial charge in [0, 0.05) is 20.6 Å². The second kappa shape index (κ2) is 6.39. The van der Waals surface area contributed by atoms with Crippen LogP contribution in [0.15, 0.2) is 53.0 Å². The maximum Gasteiger partial charge on any atom is 0.205 e. The fourth-order valence-corrected chi connectivity index (χ4v) is 3.54. The molecule has 1 saturated heterocycles. The molecule has 1 aliphatic rings. The molecule has 0 radical (unpaired) electrons. The molecule has 2 atom stereocenters. The first-order valence-electron chi connectivity index (χ1n) is 6.53. The lowest BCUT2D eigenvalue weighted by atomic mass is 10.1. The van der Waals surface area contributed by atoms with Crippen LogP contribution in [0.2, 0.25) is 5.02 Å². The fourth-order valence-electron chi connectivity index (χ4n) is 2.40. The zero-order valence-corrected chi connectivity index (χ0v) is 15.0. The van der Waals surface area contributed by atoms with Gasteiger partial charge in [0.2, 0.25) is 5.79 Å². The molecule has 1 aliphatic heterocycles. The molecule has 0 unspecified atom stereocenters. The van der Waals surface area contributed by atoms with Gasteiger partial charge in [-0.1, -0.05) is 73.8 Å². The molecule has 0 saturated carbocycles. The quantitative estimate of drug-likeness (QED) is 0.602. The number of benzene rings is 2. The summed E-state index contributed by atoms with van der Waals surface area (Å²) in [6, 6.07) is 15.7. The van der Waals surface area contributed by atoms with Crippen molar-refractivity contribution in [2.24, 2.45) is 0 Å². The van der Waals surface area contributed by atoms with Crippen LogP contribution in [0.3, 0.4) is 0 Å². The van der Waals surface area contributed by atoms with Crippen LogP contribution in [0.25, 0.3) is 0 Å². The van der Waals surface area contributed by atoms with E-state index >= 15 is 0 Å². The summed E-state index contributed by atoms with van der Waals surface area (Å²) in [5, 5.41) is 1.26. The van der Waals surface area contributed by atoms with Gasteiger partial charge in [0.15, 0.2) is 0 Å². The summed E-state index contributed by atoms with van der Waals surface area (Å²) >= 11 is 13.2. The van der Waals surface area contributed by atoms with Crippen LogP contribution >= 0.6 is 43.5 Å². The van der Waals surface area contributed by atoms with E-state index in [-0.39, 0.29) is 6.10 Å². The normalized spacial score (nSPS) is 25.2. The number of alkyl halides is 1. The van der Waals surface area contributed by atoms with Gasteiger partial charge in [-0.25, -0.2) is 0 Å². The van der Waals surface area contributed by atoms with E-state index < -0.39 is 5.79 Å². The lowest BCUT2D eigenvalue weighted by molar-refractivity contribution is -0.157. The zero-order chi connectivity index (χ0) is 14.9. The predicted octanol–water partition coefficient (Wildman–Crippen LogP) is 5.44. The van der Waals surface area contributed by atoms with Gasteiger partial charge < -0.3 is 9.47 Å². The van der Waals surface area contributed by atoms with Crippen LogP contribution in [0.5, 0.6) is 0 Å². The van der Waals surface area contributed by atoms with E-state index in [9.17, 15) is 0 Å². The monoisotopic (exact) mass is 430 g/mol. The molecule has 5 heteroatoms. The van der Waals surface area contributed by atoms with E-state index in [1.54, 1.807) is 0 Å². The van der Waals surface area contributed by atoms with Crippen LogP contribution in [-0.4, -0.2) is 11.9 Å². The van der Waals surface area contributed by atoms with E-state index in [2.05, 4.69) is 31.9 Å². The summed E-state index contributed by atoms with van der Waals surface area (Å²) in [6.07, 6.45) is -0.167. The summed E-state index contributed by atoms with van der Waals surface area (Å²) in [6.45, 7) is 0.478. The average molecular weight is 433 g/mol. The van der Waals surface area contributed by atoms with Crippen molar-refractivity contribution >= 4 is 43.5 Å². The predicted molar refractivity (Wildman–Crippen MR) is 90.8 cm³/mol. The van der Waals surface area contributed by atoms with Gasteiger partial charge in [-0.3, -0.25) is 0 Å². The van der Waals surface area contributed by atoms with Gasteiger partial charge in [-0.2, -0.15) is 0 Å². The van der Waals surface area contributed by atoms with Crippen LogP contribution < -0.4 is 0 Å². The largest absolute Gasteiger partial charge is 0.342 e. The van der Waals surface area contributed by atoms with Crippen molar-refractivity contribution in [2.75, 3.05) is 11.9 Å². The second-order valence-corrected chi connectivity index (χ2v) is 6.72. The topological polar surface area (TPSA) is 18.5 Å².